The summed E-state index contributed by atoms with van der Waals surface area (Å²) in [5.41, 5.74) is 0.559. The van der Waals surface area contributed by atoms with Gasteiger partial charge in [0, 0.05) is 0 Å². The summed E-state index contributed by atoms with van der Waals surface area (Å²) in [4.78, 5) is 0. The molecule has 2 unspecified atom stereocenters. The number of aliphatic hydroxyl groups excluding tert-OH is 1. The maximum absolute atomic E-state index is 9.87. The molecule has 0 saturated carbocycles. The van der Waals surface area contributed by atoms with E-state index in [4.69, 9.17) is 26.3 Å². The molecular weight excluding hydrogens is 230 g/mol. The summed E-state index contributed by atoms with van der Waals surface area (Å²) in [5.74, 6) is 0.491. The summed E-state index contributed by atoms with van der Waals surface area (Å²) in [6, 6.07) is 5.22. The van der Waals surface area contributed by atoms with Gasteiger partial charge >= 0.3 is 0 Å². The second kappa shape index (κ2) is 4.20. The Morgan fingerprint density at radius 2 is 2.25 bits per heavy atom. The van der Waals surface area contributed by atoms with Gasteiger partial charge in [-0.2, -0.15) is 5.26 Å². The second-order valence-corrected chi connectivity index (χ2v) is 4.01. The summed E-state index contributed by atoms with van der Waals surface area (Å²) in [7, 11) is 0. The van der Waals surface area contributed by atoms with Crippen LogP contribution in [0.2, 0.25) is 5.02 Å². The first-order valence-corrected chi connectivity index (χ1v) is 5.18. The highest BCUT2D eigenvalue weighted by atomic mass is 35.5. The van der Waals surface area contributed by atoms with Crippen LogP contribution in [-0.4, -0.2) is 11.9 Å². The molecule has 0 radical (unpaired) electrons. The lowest BCUT2D eigenvalue weighted by Gasteiger charge is -2.13. The van der Waals surface area contributed by atoms with Crippen molar-refractivity contribution in [2.75, 3.05) is 6.79 Å². The minimum Gasteiger partial charge on any atom is -0.454 e. The van der Waals surface area contributed by atoms with Gasteiger partial charge < -0.3 is 14.6 Å². The number of hydrogen-bond acceptors (Lipinski definition) is 4. The monoisotopic (exact) mass is 239 g/mol. The van der Waals surface area contributed by atoms with Crippen LogP contribution in [0.25, 0.3) is 0 Å². The third-order valence-corrected chi connectivity index (χ3v) is 2.75. The minimum atomic E-state index is -0.878. The number of aliphatic hydroxyl groups is 1. The average molecular weight is 240 g/mol. The van der Waals surface area contributed by atoms with Crippen molar-refractivity contribution in [3.63, 3.8) is 0 Å². The Labute approximate surface area is 98.0 Å². The third kappa shape index (κ3) is 1.80. The van der Waals surface area contributed by atoms with Gasteiger partial charge in [-0.25, -0.2) is 0 Å². The topological polar surface area (TPSA) is 62.5 Å². The zero-order valence-electron chi connectivity index (χ0n) is 8.61. The molecule has 2 rings (SSSR count). The number of fused-ring (bicyclic) bond motifs is 1. The van der Waals surface area contributed by atoms with Gasteiger partial charge in [-0.1, -0.05) is 11.6 Å². The quantitative estimate of drug-likeness (QED) is 0.860. The molecule has 84 valence electrons. The molecular formula is C11H10ClNO3. The number of halogens is 1. The third-order valence-electron chi connectivity index (χ3n) is 2.47. The average Bonchev–Trinajstić information content (AvgIpc) is 2.75. The second-order valence-electron chi connectivity index (χ2n) is 3.60. The zero-order valence-corrected chi connectivity index (χ0v) is 9.36. The van der Waals surface area contributed by atoms with E-state index in [-0.39, 0.29) is 6.79 Å². The molecule has 5 heteroatoms. The van der Waals surface area contributed by atoms with E-state index in [0.717, 1.165) is 0 Å². The smallest absolute Gasteiger partial charge is 0.231 e. The van der Waals surface area contributed by atoms with Crippen LogP contribution in [0.5, 0.6) is 11.5 Å². The van der Waals surface area contributed by atoms with Crippen molar-refractivity contribution in [3.8, 4) is 17.6 Å². The van der Waals surface area contributed by atoms with E-state index in [0.29, 0.717) is 22.1 Å². The van der Waals surface area contributed by atoms with Crippen LogP contribution in [0, 0.1) is 17.2 Å². The van der Waals surface area contributed by atoms with Gasteiger partial charge in [0.1, 0.15) is 0 Å². The Morgan fingerprint density at radius 3 is 2.94 bits per heavy atom. The molecule has 0 amide bonds. The molecule has 1 N–H and O–H groups in total. The van der Waals surface area contributed by atoms with Crippen LogP contribution in [0.4, 0.5) is 0 Å². The summed E-state index contributed by atoms with van der Waals surface area (Å²) >= 11 is 5.97. The van der Waals surface area contributed by atoms with Crippen molar-refractivity contribution in [1.82, 2.24) is 0 Å². The lowest BCUT2D eigenvalue weighted by atomic mass is 9.98. The molecule has 1 aromatic carbocycles. The molecule has 1 heterocycles. The van der Waals surface area contributed by atoms with Gasteiger partial charge in [-0.05, 0) is 24.6 Å². The van der Waals surface area contributed by atoms with Crippen molar-refractivity contribution in [1.29, 1.82) is 5.26 Å². The molecule has 0 aliphatic carbocycles. The van der Waals surface area contributed by atoms with Crippen molar-refractivity contribution < 1.29 is 14.6 Å². The van der Waals surface area contributed by atoms with Crippen LogP contribution in [0.1, 0.15) is 18.6 Å². The summed E-state index contributed by atoms with van der Waals surface area (Å²) in [6.45, 7) is 1.77. The Bertz CT molecular complexity index is 455. The number of nitrogens with zero attached hydrogens (tertiary/aromatic N) is 1. The molecule has 0 bridgehead atoms. The highest BCUT2D eigenvalue weighted by Crippen LogP contribution is 2.41. The fourth-order valence-corrected chi connectivity index (χ4v) is 1.79. The van der Waals surface area contributed by atoms with Gasteiger partial charge in [-0.3, -0.25) is 0 Å². The summed E-state index contributed by atoms with van der Waals surface area (Å²) in [5, 5.41) is 19.0. The van der Waals surface area contributed by atoms with Crippen molar-refractivity contribution in [3.05, 3.63) is 22.7 Å². The predicted molar refractivity (Wildman–Crippen MR) is 57.3 cm³/mol. The maximum Gasteiger partial charge on any atom is 0.231 e. The first-order chi connectivity index (χ1) is 7.63. The van der Waals surface area contributed by atoms with Gasteiger partial charge in [0.15, 0.2) is 11.5 Å². The zero-order chi connectivity index (χ0) is 11.7. The van der Waals surface area contributed by atoms with Gasteiger partial charge in [-0.15, -0.1) is 0 Å². The molecule has 1 aliphatic heterocycles. The molecule has 0 spiro atoms. The molecule has 2 atom stereocenters. The predicted octanol–water partition coefficient (Wildman–Crippen LogP) is 2.26. The largest absolute Gasteiger partial charge is 0.454 e. The normalized spacial score (nSPS) is 16.6. The van der Waals surface area contributed by atoms with E-state index < -0.39 is 12.0 Å². The Morgan fingerprint density at radius 1 is 1.50 bits per heavy atom. The van der Waals surface area contributed by atoms with Crippen LogP contribution < -0.4 is 9.47 Å². The number of ether oxygens (including phenoxy) is 2. The lowest BCUT2D eigenvalue weighted by Crippen LogP contribution is -2.06. The molecule has 0 fully saturated rings. The first kappa shape index (κ1) is 11.1. The van der Waals surface area contributed by atoms with Crippen LogP contribution in [0.15, 0.2) is 12.1 Å². The minimum absolute atomic E-state index is 0.127. The fourth-order valence-electron chi connectivity index (χ4n) is 1.52. The van der Waals surface area contributed by atoms with Crippen molar-refractivity contribution >= 4 is 11.6 Å². The summed E-state index contributed by atoms with van der Waals surface area (Å²) in [6.07, 6.45) is -0.878. The van der Waals surface area contributed by atoms with Crippen molar-refractivity contribution in [2.24, 2.45) is 5.92 Å². The van der Waals surface area contributed by atoms with Crippen molar-refractivity contribution in [2.45, 2.75) is 13.0 Å². The number of nitriles is 1. The maximum atomic E-state index is 9.87. The first-order valence-electron chi connectivity index (χ1n) is 4.80. The van der Waals surface area contributed by atoms with E-state index in [1.165, 1.54) is 0 Å². The molecule has 16 heavy (non-hydrogen) atoms. The fraction of sp³-hybridized carbons (Fsp3) is 0.364. The Kier molecular flexibility index (Phi) is 2.90. The van der Waals surface area contributed by atoms with Gasteiger partial charge in [0.2, 0.25) is 6.79 Å². The van der Waals surface area contributed by atoms with Crippen LogP contribution in [-0.2, 0) is 0 Å². The summed E-state index contributed by atoms with van der Waals surface area (Å²) < 4.78 is 10.3. The van der Waals surface area contributed by atoms with Gasteiger partial charge in [0.25, 0.3) is 0 Å². The van der Waals surface area contributed by atoms with E-state index in [9.17, 15) is 5.11 Å². The lowest BCUT2D eigenvalue weighted by molar-refractivity contribution is 0.142. The molecule has 1 aromatic rings. The van der Waals surface area contributed by atoms with E-state index in [2.05, 4.69) is 0 Å². The molecule has 0 aromatic heterocycles. The van der Waals surface area contributed by atoms with Crippen LogP contribution in [0.3, 0.4) is 0 Å². The SMILES string of the molecule is CC(C#N)C(O)c1cc(Cl)c2c(c1)OCO2. The number of hydrogen-bond donors (Lipinski definition) is 1. The highest BCUT2D eigenvalue weighted by molar-refractivity contribution is 6.32. The molecule has 1 aliphatic rings. The van der Waals surface area contributed by atoms with Crippen LogP contribution >= 0.6 is 11.6 Å². The number of benzene rings is 1. The molecule has 4 nitrogen and oxygen atoms in total. The number of rotatable bonds is 2. The molecule has 0 saturated heterocycles. The van der Waals surface area contributed by atoms with E-state index in [1.54, 1.807) is 19.1 Å². The standard InChI is InChI=1S/C11H10ClNO3/c1-6(4-13)10(14)7-2-8(12)11-9(3-7)15-5-16-11/h2-3,6,10,14H,5H2,1H3. The Balaban J connectivity index is 2.37. The van der Waals surface area contributed by atoms with E-state index >= 15 is 0 Å². The van der Waals surface area contributed by atoms with Gasteiger partial charge in [0.05, 0.1) is 23.1 Å². The highest BCUT2D eigenvalue weighted by Gasteiger charge is 2.23. The Hall–Kier alpha value is -1.44. The van der Waals surface area contributed by atoms with E-state index in [1.807, 2.05) is 6.07 Å².